The van der Waals surface area contributed by atoms with E-state index in [4.69, 9.17) is 9.47 Å². The molecular formula is C20H30O4SeSi. The first-order valence-electron chi connectivity index (χ1n) is 9.34. The number of carbonyl (C=O) groups is 2. The van der Waals surface area contributed by atoms with Gasteiger partial charge in [0.2, 0.25) is 0 Å². The van der Waals surface area contributed by atoms with Crippen LogP contribution in [0.1, 0.15) is 27.2 Å². The van der Waals surface area contributed by atoms with E-state index < -0.39 is 25.4 Å². The monoisotopic (exact) mass is 442 g/mol. The van der Waals surface area contributed by atoms with Crippen molar-refractivity contribution < 1.29 is 19.1 Å². The van der Waals surface area contributed by atoms with E-state index in [-0.39, 0.29) is 19.8 Å². The molecule has 0 saturated heterocycles. The normalized spacial score (nSPS) is 21.6. The summed E-state index contributed by atoms with van der Waals surface area (Å²) in [6, 6.07) is 13.8. The second-order valence-electron chi connectivity index (χ2n) is 7.04. The molecular weight excluding hydrogens is 411 g/mol. The Morgan fingerprint density at radius 2 is 1.54 bits per heavy atom. The minimum absolute atomic E-state index is 0.0174. The van der Waals surface area contributed by atoms with Gasteiger partial charge in [-0.3, -0.25) is 0 Å². The Hall–Kier alpha value is -1.10. The number of carbonyl (C=O) groups excluding carboxylic acids is 2. The average molecular weight is 442 g/mol. The molecule has 4 nitrogen and oxygen atoms in total. The SMILES string of the molecule is CC[Si](CC)(CC)[C@H]1CC(C(=O)OC)(C(=O)OC)[C@@H]1[Se]c1ccccc1. The molecule has 1 aromatic carbocycles. The van der Waals surface area contributed by atoms with E-state index >= 15 is 0 Å². The fourth-order valence-corrected chi connectivity index (χ4v) is 14.3. The van der Waals surface area contributed by atoms with Crippen LogP contribution in [0.3, 0.4) is 0 Å². The van der Waals surface area contributed by atoms with Crippen LogP contribution >= 0.6 is 0 Å². The van der Waals surface area contributed by atoms with E-state index in [1.165, 1.54) is 36.8 Å². The zero-order valence-corrected chi connectivity index (χ0v) is 19.1. The number of benzene rings is 1. The first-order valence-corrected chi connectivity index (χ1v) is 13.9. The van der Waals surface area contributed by atoms with Crippen molar-refractivity contribution in [3.05, 3.63) is 30.3 Å². The van der Waals surface area contributed by atoms with Crippen molar-refractivity contribution in [2.45, 2.75) is 55.7 Å². The summed E-state index contributed by atoms with van der Waals surface area (Å²) in [6.07, 6.45) is 0.591. The minimum atomic E-state index is -1.56. The van der Waals surface area contributed by atoms with Crippen LogP contribution in [0.4, 0.5) is 0 Å². The molecule has 1 aliphatic rings. The van der Waals surface area contributed by atoms with Crippen LogP contribution in [0.2, 0.25) is 28.5 Å². The third kappa shape index (κ3) is 3.39. The van der Waals surface area contributed by atoms with E-state index in [9.17, 15) is 9.59 Å². The van der Waals surface area contributed by atoms with Gasteiger partial charge < -0.3 is 0 Å². The molecule has 1 aliphatic carbocycles. The number of esters is 2. The zero-order chi connectivity index (χ0) is 19.4. The molecule has 0 spiro atoms. The quantitative estimate of drug-likeness (QED) is 0.353. The second-order valence-corrected chi connectivity index (χ2v) is 15.2. The first kappa shape index (κ1) is 21.2. The van der Waals surface area contributed by atoms with Crippen LogP contribution in [0, 0.1) is 5.41 Å². The zero-order valence-electron chi connectivity index (χ0n) is 16.4. The third-order valence-corrected chi connectivity index (χ3v) is 16.5. The van der Waals surface area contributed by atoms with E-state index in [1.807, 2.05) is 18.2 Å². The molecule has 0 aliphatic heterocycles. The summed E-state index contributed by atoms with van der Waals surface area (Å²) in [4.78, 5) is 25.5. The molecule has 1 saturated carbocycles. The fourth-order valence-electron chi connectivity index (χ4n) is 4.50. The van der Waals surface area contributed by atoms with Gasteiger partial charge in [-0.1, -0.05) is 0 Å². The Labute approximate surface area is 164 Å². The average Bonchev–Trinajstić information content (AvgIpc) is 2.69. The maximum atomic E-state index is 12.8. The Kier molecular flexibility index (Phi) is 7.11. The first-order chi connectivity index (χ1) is 12.5. The topological polar surface area (TPSA) is 52.6 Å². The molecule has 26 heavy (non-hydrogen) atoms. The van der Waals surface area contributed by atoms with Gasteiger partial charge in [-0.15, -0.1) is 0 Å². The maximum absolute atomic E-state index is 12.8. The Balaban J connectivity index is 2.49. The predicted molar refractivity (Wildman–Crippen MR) is 108 cm³/mol. The van der Waals surface area contributed by atoms with Gasteiger partial charge in [-0.25, -0.2) is 0 Å². The van der Waals surface area contributed by atoms with Crippen molar-refractivity contribution in [3.8, 4) is 0 Å². The van der Waals surface area contributed by atoms with Crippen molar-refractivity contribution in [1.29, 1.82) is 0 Å². The summed E-state index contributed by atoms with van der Waals surface area (Å²) in [5, 5.41) is 0. The second kappa shape index (κ2) is 8.72. The van der Waals surface area contributed by atoms with Crippen molar-refractivity contribution in [2.75, 3.05) is 14.2 Å². The summed E-state index contributed by atoms with van der Waals surface area (Å²) in [7, 11) is 1.19. The van der Waals surface area contributed by atoms with Gasteiger partial charge in [0.1, 0.15) is 0 Å². The molecule has 0 radical (unpaired) electrons. The van der Waals surface area contributed by atoms with Crippen LogP contribution in [-0.4, -0.2) is 49.2 Å². The molecule has 2 rings (SSSR count). The van der Waals surface area contributed by atoms with E-state index in [0.717, 1.165) is 0 Å². The predicted octanol–water partition coefficient (Wildman–Crippen LogP) is 3.42. The van der Waals surface area contributed by atoms with Gasteiger partial charge >= 0.3 is 164 Å². The van der Waals surface area contributed by atoms with E-state index in [0.29, 0.717) is 12.0 Å². The molecule has 0 amide bonds. The van der Waals surface area contributed by atoms with Crippen molar-refractivity contribution in [2.24, 2.45) is 5.41 Å². The van der Waals surface area contributed by atoms with Gasteiger partial charge in [0, 0.05) is 0 Å². The van der Waals surface area contributed by atoms with Crippen LogP contribution in [-0.2, 0) is 19.1 Å². The molecule has 1 aromatic rings. The molecule has 144 valence electrons. The third-order valence-electron chi connectivity index (χ3n) is 6.40. The van der Waals surface area contributed by atoms with Crippen molar-refractivity contribution >= 4 is 39.4 Å². The van der Waals surface area contributed by atoms with E-state index in [1.54, 1.807) is 0 Å². The molecule has 1 fully saturated rings. The standard InChI is InChI=1S/C20H30O4SeSi/c1-6-26(7-2,8-3)16-14-20(18(21)23-4,19(22)24-5)17(16)25-15-12-10-9-11-13-15/h9-13,16-17H,6-8,14H2,1-5H3/t16-,17+/m0/s1. The number of ether oxygens (including phenoxy) is 2. The number of methoxy groups -OCH3 is 2. The number of hydrogen-bond acceptors (Lipinski definition) is 4. The summed E-state index contributed by atoms with van der Waals surface area (Å²) >= 11 is 0.0182. The van der Waals surface area contributed by atoms with Gasteiger partial charge in [-0.2, -0.15) is 0 Å². The van der Waals surface area contributed by atoms with Crippen molar-refractivity contribution in [1.82, 2.24) is 0 Å². The van der Waals surface area contributed by atoms with Crippen LogP contribution < -0.4 is 4.46 Å². The molecule has 0 unspecified atom stereocenters. The van der Waals surface area contributed by atoms with Crippen LogP contribution in [0.5, 0.6) is 0 Å². The summed E-state index contributed by atoms with van der Waals surface area (Å²) in [5.74, 6) is -0.843. The van der Waals surface area contributed by atoms with Crippen molar-refractivity contribution in [3.63, 3.8) is 0 Å². The molecule has 0 aromatic heterocycles. The van der Waals surface area contributed by atoms with Crippen LogP contribution in [0.15, 0.2) is 30.3 Å². The molecule has 0 bridgehead atoms. The Bertz CT molecular complexity index is 606. The summed E-state index contributed by atoms with van der Waals surface area (Å²) < 4.78 is 11.4. The Morgan fingerprint density at radius 1 is 1.04 bits per heavy atom. The van der Waals surface area contributed by atoms with Gasteiger partial charge in [0.25, 0.3) is 0 Å². The number of rotatable bonds is 8. The summed E-state index contributed by atoms with van der Waals surface area (Å²) in [6.45, 7) is 6.84. The van der Waals surface area contributed by atoms with E-state index in [2.05, 4.69) is 32.9 Å². The molecule has 0 N–H and O–H groups in total. The van der Waals surface area contributed by atoms with Crippen LogP contribution in [0.25, 0.3) is 0 Å². The number of hydrogen-bond donors (Lipinski definition) is 0. The fraction of sp³-hybridized carbons (Fsp3) is 0.600. The van der Waals surface area contributed by atoms with Gasteiger partial charge in [0.15, 0.2) is 0 Å². The molecule has 6 heteroatoms. The van der Waals surface area contributed by atoms with Gasteiger partial charge in [0.05, 0.1) is 0 Å². The Morgan fingerprint density at radius 3 is 1.96 bits per heavy atom. The summed E-state index contributed by atoms with van der Waals surface area (Å²) in [5.41, 5.74) is -0.664. The molecule has 2 atom stereocenters. The van der Waals surface area contributed by atoms with Gasteiger partial charge in [-0.05, 0) is 0 Å². The molecule has 0 heterocycles.